The van der Waals surface area contributed by atoms with Gasteiger partial charge in [-0.3, -0.25) is 4.99 Å². The number of nitrogens with zero attached hydrogens (tertiary/aromatic N) is 1. The zero-order chi connectivity index (χ0) is 15.3. The van der Waals surface area contributed by atoms with E-state index in [1.165, 1.54) is 12.1 Å². The van der Waals surface area contributed by atoms with E-state index in [0.29, 0.717) is 12.1 Å². The van der Waals surface area contributed by atoms with Crippen molar-refractivity contribution in [3.63, 3.8) is 0 Å². The van der Waals surface area contributed by atoms with Gasteiger partial charge in [-0.2, -0.15) is 13.2 Å². The van der Waals surface area contributed by atoms with Gasteiger partial charge in [-0.05, 0) is 35.4 Å². The Bertz CT molecular complexity index is 601. The number of aliphatic imine (C=N–C) groups is 1. The summed E-state index contributed by atoms with van der Waals surface area (Å²) in [5.74, 6) is 0.769. The van der Waals surface area contributed by atoms with Crippen LogP contribution in [0.3, 0.4) is 0 Å². The molecular weight excluding hydrogens is 279 g/mol. The highest BCUT2D eigenvalue weighted by atomic mass is 19.4. The predicted molar refractivity (Wildman–Crippen MR) is 75.7 cm³/mol. The average molecular weight is 293 g/mol. The molecular formula is C16H14F3NO. The number of ether oxygens (including phenoxy) is 1. The van der Waals surface area contributed by atoms with E-state index in [9.17, 15) is 13.2 Å². The minimum absolute atomic E-state index is 0.463. The quantitative estimate of drug-likeness (QED) is 0.769. The number of alkyl halides is 3. The Balaban J connectivity index is 1.97. The highest BCUT2D eigenvalue weighted by Crippen LogP contribution is 2.28. The van der Waals surface area contributed by atoms with Gasteiger partial charge in [0, 0.05) is 6.21 Å². The summed E-state index contributed by atoms with van der Waals surface area (Å²) in [7, 11) is 1.60. The minimum Gasteiger partial charge on any atom is -0.497 e. The van der Waals surface area contributed by atoms with Crippen molar-refractivity contribution in [1.82, 2.24) is 0 Å². The second-order valence-corrected chi connectivity index (χ2v) is 4.44. The molecule has 0 saturated carbocycles. The molecule has 0 amide bonds. The van der Waals surface area contributed by atoms with Crippen molar-refractivity contribution in [2.24, 2.45) is 4.99 Å². The van der Waals surface area contributed by atoms with Crippen molar-refractivity contribution in [2.45, 2.75) is 12.7 Å². The van der Waals surface area contributed by atoms with E-state index >= 15 is 0 Å². The smallest absolute Gasteiger partial charge is 0.416 e. The van der Waals surface area contributed by atoms with E-state index in [0.717, 1.165) is 23.4 Å². The second-order valence-electron chi connectivity index (χ2n) is 4.44. The van der Waals surface area contributed by atoms with Gasteiger partial charge < -0.3 is 4.74 Å². The maximum Gasteiger partial charge on any atom is 0.416 e. The number of methoxy groups -OCH3 is 1. The standard InChI is InChI=1S/C16H14F3NO/c1-21-15-8-4-13(5-9-15)11-20-10-12-2-6-14(7-3-12)16(17,18)19/h2-10H,11H2,1H3. The Kier molecular flexibility index (Phi) is 4.62. The number of benzene rings is 2. The first-order chi connectivity index (χ1) is 9.99. The summed E-state index contributed by atoms with van der Waals surface area (Å²) in [6, 6.07) is 12.4. The van der Waals surface area contributed by atoms with Crippen molar-refractivity contribution < 1.29 is 17.9 Å². The van der Waals surface area contributed by atoms with Crippen LogP contribution in [0.5, 0.6) is 5.75 Å². The summed E-state index contributed by atoms with van der Waals surface area (Å²) < 4.78 is 42.3. The van der Waals surface area contributed by atoms with Gasteiger partial charge >= 0.3 is 6.18 Å². The van der Waals surface area contributed by atoms with Crippen molar-refractivity contribution in [3.8, 4) is 5.75 Å². The number of hydrogen-bond donors (Lipinski definition) is 0. The molecule has 110 valence electrons. The number of hydrogen-bond acceptors (Lipinski definition) is 2. The lowest BCUT2D eigenvalue weighted by molar-refractivity contribution is -0.137. The predicted octanol–water partition coefficient (Wildman–Crippen LogP) is 4.33. The largest absolute Gasteiger partial charge is 0.497 e. The highest BCUT2D eigenvalue weighted by molar-refractivity contribution is 5.79. The van der Waals surface area contributed by atoms with Gasteiger partial charge in [0.1, 0.15) is 5.75 Å². The molecule has 0 heterocycles. The summed E-state index contributed by atoms with van der Waals surface area (Å²) in [6.45, 7) is 0.463. The van der Waals surface area contributed by atoms with Crippen LogP contribution < -0.4 is 4.74 Å². The van der Waals surface area contributed by atoms with Crippen molar-refractivity contribution in [2.75, 3.05) is 7.11 Å². The van der Waals surface area contributed by atoms with Crippen LogP contribution in [0.2, 0.25) is 0 Å². The first-order valence-electron chi connectivity index (χ1n) is 6.29. The third-order valence-electron chi connectivity index (χ3n) is 2.91. The van der Waals surface area contributed by atoms with E-state index < -0.39 is 11.7 Å². The SMILES string of the molecule is COc1ccc(CN=Cc2ccc(C(F)(F)F)cc2)cc1. The maximum absolute atomic E-state index is 12.4. The van der Waals surface area contributed by atoms with Gasteiger partial charge in [-0.1, -0.05) is 24.3 Å². The Hall–Kier alpha value is -2.30. The van der Waals surface area contributed by atoms with Crippen LogP contribution in [0, 0.1) is 0 Å². The summed E-state index contributed by atoms with van der Waals surface area (Å²) in [4.78, 5) is 4.21. The molecule has 2 aromatic carbocycles. The molecule has 0 atom stereocenters. The molecule has 21 heavy (non-hydrogen) atoms. The first kappa shape index (κ1) is 15.1. The topological polar surface area (TPSA) is 21.6 Å². The van der Waals surface area contributed by atoms with E-state index in [1.807, 2.05) is 24.3 Å². The molecule has 5 heteroatoms. The van der Waals surface area contributed by atoms with Crippen molar-refractivity contribution in [1.29, 1.82) is 0 Å². The molecule has 0 aliphatic rings. The molecule has 0 fully saturated rings. The van der Waals surface area contributed by atoms with E-state index in [4.69, 9.17) is 4.74 Å². The molecule has 0 N–H and O–H groups in total. The summed E-state index contributed by atoms with van der Waals surface area (Å²) in [6.07, 6.45) is -2.75. The molecule has 0 bridgehead atoms. The molecule has 0 saturated heterocycles. The number of halogens is 3. The fourth-order valence-corrected chi connectivity index (χ4v) is 1.75. The lowest BCUT2D eigenvalue weighted by atomic mass is 10.1. The normalized spacial score (nSPS) is 11.8. The van der Waals surface area contributed by atoms with Crippen molar-refractivity contribution >= 4 is 6.21 Å². The fourth-order valence-electron chi connectivity index (χ4n) is 1.75. The van der Waals surface area contributed by atoms with Crippen LogP contribution in [0.25, 0.3) is 0 Å². The molecule has 0 radical (unpaired) electrons. The van der Waals surface area contributed by atoms with Gasteiger partial charge in [-0.25, -0.2) is 0 Å². The third-order valence-corrected chi connectivity index (χ3v) is 2.91. The van der Waals surface area contributed by atoms with Crippen LogP contribution >= 0.6 is 0 Å². The molecule has 0 aliphatic heterocycles. The molecule has 0 aromatic heterocycles. The van der Waals surface area contributed by atoms with Crippen LogP contribution in [0.15, 0.2) is 53.5 Å². The van der Waals surface area contributed by atoms with Gasteiger partial charge in [0.05, 0.1) is 19.2 Å². The monoisotopic (exact) mass is 293 g/mol. The lowest BCUT2D eigenvalue weighted by Gasteiger charge is -2.05. The maximum atomic E-state index is 12.4. The summed E-state index contributed by atoms with van der Waals surface area (Å²) in [5, 5.41) is 0. The first-order valence-corrected chi connectivity index (χ1v) is 6.29. The van der Waals surface area contributed by atoms with Gasteiger partial charge in [-0.15, -0.1) is 0 Å². The molecule has 0 aliphatic carbocycles. The Morgan fingerprint density at radius 3 is 2.14 bits per heavy atom. The Morgan fingerprint density at radius 2 is 1.62 bits per heavy atom. The van der Waals surface area contributed by atoms with E-state index in [2.05, 4.69) is 4.99 Å². The van der Waals surface area contributed by atoms with E-state index in [-0.39, 0.29) is 0 Å². The van der Waals surface area contributed by atoms with Gasteiger partial charge in [0.2, 0.25) is 0 Å². The Labute approximate surface area is 120 Å². The number of rotatable bonds is 4. The third kappa shape index (κ3) is 4.34. The summed E-state index contributed by atoms with van der Waals surface area (Å²) >= 11 is 0. The van der Waals surface area contributed by atoms with Crippen LogP contribution in [0.1, 0.15) is 16.7 Å². The van der Waals surface area contributed by atoms with Crippen molar-refractivity contribution in [3.05, 3.63) is 65.2 Å². The van der Waals surface area contributed by atoms with Crippen LogP contribution in [-0.4, -0.2) is 13.3 Å². The zero-order valence-electron chi connectivity index (χ0n) is 11.4. The fraction of sp³-hybridized carbons (Fsp3) is 0.188. The second kappa shape index (κ2) is 6.43. The van der Waals surface area contributed by atoms with Gasteiger partial charge in [0.15, 0.2) is 0 Å². The molecule has 0 spiro atoms. The zero-order valence-corrected chi connectivity index (χ0v) is 11.4. The van der Waals surface area contributed by atoms with E-state index in [1.54, 1.807) is 13.3 Å². The molecule has 2 nitrogen and oxygen atoms in total. The highest BCUT2D eigenvalue weighted by Gasteiger charge is 2.29. The van der Waals surface area contributed by atoms with Gasteiger partial charge in [0.25, 0.3) is 0 Å². The average Bonchev–Trinajstić information content (AvgIpc) is 2.47. The Morgan fingerprint density at radius 1 is 1.00 bits per heavy atom. The van der Waals surface area contributed by atoms with Crippen LogP contribution in [-0.2, 0) is 12.7 Å². The summed E-state index contributed by atoms with van der Waals surface area (Å²) in [5.41, 5.74) is 0.977. The molecule has 2 aromatic rings. The molecule has 0 unspecified atom stereocenters. The molecule has 2 rings (SSSR count). The minimum atomic E-state index is -4.31. The van der Waals surface area contributed by atoms with Crippen LogP contribution in [0.4, 0.5) is 13.2 Å². The lowest BCUT2D eigenvalue weighted by Crippen LogP contribution is -2.04.